The smallest absolute Gasteiger partial charge is 0.0626 e. The molecule has 2 atom stereocenters. The van der Waals surface area contributed by atoms with Crippen LogP contribution in [-0.2, 0) is 4.74 Å². The molecule has 2 aliphatic heterocycles. The molecule has 68 valence electrons. The van der Waals surface area contributed by atoms with Gasteiger partial charge in [-0.25, -0.2) is 0 Å². The summed E-state index contributed by atoms with van der Waals surface area (Å²) in [6.45, 7) is 1.54. The second-order valence-electron chi connectivity index (χ2n) is 3.59. The van der Waals surface area contributed by atoms with E-state index in [1.807, 2.05) is 0 Å². The van der Waals surface area contributed by atoms with E-state index >= 15 is 0 Å². The van der Waals surface area contributed by atoms with Gasteiger partial charge < -0.3 is 9.94 Å². The largest absolute Gasteiger partial charge is 0.411 e. The molecule has 0 radical (unpaired) electrons. The van der Waals surface area contributed by atoms with Crippen LogP contribution in [0.1, 0.15) is 12.8 Å². The zero-order valence-corrected chi connectivity index (χ0v) is 7.23. The van der Waals surface area contributed by atoms with Crippen LogP contribution in [0, 0.1) is 0 Å². The molecule has 2 saturated heterocycles. The first-order chi connectivity index (χ1) is 5.81. The number of ether oxygens (including phenoxy) is 1. The number of piperidine rings is 1. The minimum atomic E-state index is 0.420. The Balaban J connectivity index is 2.12. The zero-order valence-electron chi connectivity index (χ0n) is 7.23. The number of oxime groups is 1. The number of likely N-dealkylation sites (N-methyl/N-ethyl adjacent to an activating group) is 1. The first-order valence-electron chi connectivity index (χ1n) is 4.30. The standard InChI is InChI=1S/C8H14N2O2/c1-10-7-2-6(9-11)3-8(10)5-12-4-7/h7-8,11H,2-5H2,1H3/t7-,8+. The van der Waals surface area contributed by atoms with Gasteiger partial charge in [0.2, 0.25) is 0 Å². The van der Waals surface area contributed by atoms with Crippen LogP contribution in [0.5, 0.6) is 0 Å². The molecule has 2 aliphatic rings. The van der Waals surface area contributed by atoms with Crippen molar-refractivity contribution in [1.82, 2.24) is 4.90 Å². The number of hydrogen-bond acceptors (Lipinski definition) is 4. The van der Waals surface area contributed by atoms with E-state index in [4.69, 9.17) is 9.94 Å². The average Bonchev–Trinajstić information content (AvgIpc) is 2.04. The van der Waals surface area contributed by atoms with Crippen LogP contribution in [-0.4, -0.2) is 48.2 Å². The van der Waals surface area contributed by atoms with Crippen molar-refractivity contribution in [3.05, 3.63) is 0 Å². The molecular formula is C8H14N2O2. The second kappa shape index (κ2) is 3.03. The van der Waals surface area contributed by atoms with Crippen LogP contribution in [0.2, 0.25) is 0 Å². The first-order valence-corrected chi connectivity index (χ1v) is 4.30. The van der Waals surface area contributed by atoms with Gasteiger partial charge in [-0.1, -0.05) is 5.16 Å². The van der Waals surface area contributed by atoms with Crippen molar-refractivity contribution >= 4 is 5.71 Å². The molecule has 0 aliphatic carbocycles. The Morgan fingerprint density at radius 2 is 2.00 bits per heavy atom. The van der Waals surface area contributed by atoms with E-state index in [1.165, 1.54) is 0 Å². The maximum atomic E-state index is 8.66. The summed E-state index contributed by atoms with van der Waals surface area (Å²) in [4.78, 5) is 2.33. The highest BCUT2D eigenvalue weighted by Crippen LogP contribution is 2.23. The van der Waals surface area contributed by atoms with Crippen molar-refractivity contribution in [2.75, 3.05) is 20.3 Å². The molecule has 4 nitrogen and oxygen atoms in total. The monoisotopic (exact) mass is 170 g/mol. The van der Waals surface area contributed by atoms with Gasteiger partial charge in [-0.05, 0) is 7.05 Å². The number of nitrogens with zero attached hydrogens (tertiary/aromatic N) is 2. The van der Waals surface area contributed by atoms with Gasteiger partial charge in [0.25, 0.3) is 0 Å². The van der Waals surface area contributed by atoms with Gasteiger partial charge >= 0.3 is 0 Å². The maximum Gasteiger partial charge on any atom is 0.0626 e. The molecular weight excluding hydrogens is 156 g/mol. The van der Waals surface area contributed by atoms with E-state index < -0.39 is 0 Å². The normalized spacial score (nSPS) is 40.2. The first kappa shape index (κ1) is 8.01. The van der Waals surface area contributed by atoms with E-state index in [1.54, 1.807) is 0 Å². The molecule has 0 aromatic carbocycles. The number of fused-ring (bicyclic) bond motifs is 2. The van der Waals surface area contributed by atoms with Crippen molar-refractivity contribution in [1.29, 1.82) is 0 Å². The van der Waals surface area contributed by atoms with E-state index in [9.17, 15) is 0 Å². The average molecular weight is 170 g/mol. The lowest BCUT2D eigenvalue weighted by molar-refractivity contribution is -0.0393. The van der Waals surface area contributed by atoms with Crippen LogP contribution in [0.3, 0.4) is 0 Å². The highest BCUT2D eigenvalue weighted by molar-refractivity contribution is 5.85. The topological polar surface area (TPSA) is 45.1 Å². The molecule has 0 amide bonds. The van der Waals surface area contributed by atoms with Crippen molar-refractivity contribution < 1.29 is 9.94 Å². The van der Waals surface area contributed by atoms with Gasteiger partial charge in [-0.3, -0.25) is 4.90 Å². The molecule has 4 heteroatoms. The lowest BCUT2D eigenvalue weighted by Gasteiger charge is -2.43. The number of rotatable bonds is 0. The lowest BCUT2D eigenvalue weighted by atomic mass is 9.93. The van der Waals surface area contributed by atoms with E-state index in [2.05, 4.69) is 17.1 Å². The Bertz CT molecular complexity index is 189. The third-order valence-corrected chi connectivity index (χ3v) is 2.86. The lowest BCUT2D eigenvalue weighted by Crippen LogP contribution is -2.55. The summed E-state index contributed by atoms with van der Waals surface area (Å²) >= 11 is 0. The third-order valence-electron chi connectivity index (χ3n) is 2.86. The predicted molar refractivity (Wildman–Crippen MR) is 44.6 cm³/mol. The van der Waals surface area contributed by atoms with Crippen molar-refractivity contribution in [3.63, 3.8) is 0 Å². The van der Waals surface area contributed by atoms with Gasteiger partial charge in [0.05, 0.1) is 18.9 Å². The third kappa shape index (κ3) is 1.21. The van der Waals surface area contributed by atoms with Crippen LogP contribution in [0.15, 0.2) is 5.16 Å². The molecule has 2 rings (SSSR count). The van der Waals surface area contributed by atoms with Crippen molar-refractivity contribution in [3.8, 4) is 0 Å². The molecule has 2 bridgehead atoms. The molecule has 2 heterocycles. The highest BCUT2D eigenvalue weighted by Gasteiger charge is 2.34. The molecule has 2 fully saturated rings. The van der Waals surface area contributed by atoms with Gasteiger partial charge in [-0.2, -0.15) is 0 Å². The van der Waals surface area contributed by atoms with Crippen molar-refractivity contribution in [2.24, 2.45) is 5.16 Å². The molecule has 1 N–H and O–H groups in total. The van der Waals surface area contributed by atoms with E-state index in [-0.39, 0.29) is 0 Å². The summed E-state index contributed by atoms with van der Waals surface area (Å²) in [6.07, 6.45) is 1.70. The molecule has 12 heavy (non-hydrogen) atoms. The summed E-state index contributed by atoms with van der Waals surface area (Å²) in [5, 5.41) is 12.0. The molecule has 0 unspecified atom stereocenters. The zero-order chi connectivity index (χ0) is 8.55. The molecule has 0 saturated carbocycles. The second-order valence-corrected chi connectivity index (χ2v) is 3.59. The van der Waals surface area contributed by atoms with Crippen LogP contribution in [0.4, 0.5) is 0 Å². The molecule has 0 spiro atoms. The Kier molecular flexibility index (Phi) is 2.02. The molecule has 0 aromatic rings. The van der Waals surface area contributed by atoms with E-state index in [0.717, 1.165) is 31.8 Å². The summed E-state index contributed by atoms with van der Waals surface area (Å²) in [5.41, 5.74) is 0.923. The Morgan fingerprint density at radius 1 is 1.42 bits per heavy atom. The fourth-order valence-electron chi connectivity index (χ4n) is 1.99. The van der Waals surface area contributed by atoms with Gasteiger partial charge in [-0.15, -0.1) is 0 Å². The summed E-state index contributed by atoms with van der Waals surface area (Å²) in [7, 11) is 2.12. The van der Waals surface area contributed by atoms with Crippen LogP contribution in [0.25, 0.3) is 0 Å². The van der Waals surface area contributed by atoms with E-state index in [0.29, 0.717) is 12.1 Å². The Labute approximate surface area is 71.8 Å². The van der Waals surface area contributed by atoms with Crippen molar-refractivity contribution in [2.45, 2.75) is 24.9 Å². The van der Waals surface area contributed by atoms with Gasteiger partial charge in [0.15, 0.2) is 0 Å². The fourth-order valence-corrected chi connectivity index (χ4v) is 1.99. The molecule has 0 aromatic heterocycles. The van der Waals surface area contributed by atoms with Crippen LogP contribution < -0.4 is 0 Å². The maximum absolute atomic E-state index is 8.66. The highest BCUT2D eigenvalue weighted by atomic mass is 16.5. The van der Waals surface area contributed by atoms with Gasteiger partial charge in [0, 0.05) is 24.9 Å². The van der Waals surface area contributed by atoms with Crippen LogP contribution >= 0.6 is 0 Å². The Hall–Kier alpha value is -0.610. The minimum absolute atomic E-state index is 0.420. The minimum Gasteiger partial charge on any atom is -0.411 e. The number of morpholine rings is 1. The van der Waals surface area contributed by atoms with Gasteiger partial charge in [0.1, 0.15) is 0 Å². The quantitative estimate of drug-likeness (QED) is 0.420. The fraction of sp³-hybridized carbons (Fsp3) is 0.875. The summed E-state index contributed by atoms with van der Waals surface area (Å²) in [5.74, 6) is 0. The SMILES string of the molecule is CN1[C@@H]2COC[C@H]1CC(=NO)C2. The summed E-state index contributed by atoms with van der Waals surface area (Å²) < 4.78 is 5.42. The predicted octanol–water partition coefficient (Wildman–Crippen LogP) is 0.310. The Morgan fingerprint density at radius 3 is 2.50 bits per heavy atom. The summed E-state index contributed by atoms with van der Waals surface area (Å²) in [6, 6.07) is 0.840. The number of hydrogen-bond donors (Lipinski definition) is 1.